The van der Waals surface area contributed by atoms with Gasteiger partial charge in [0.2, 0.25) is 6.29 Å². The maximum Gasteiger partial charge on any atom is 0.315 e. The summed E-state index contributed by atoms with van der Waals surface area (Å²) in [6.45, 7) is 16.1. The lowest BCUT2D eigenvalue weighted by atomic mass is 9.33. The van der Waals surface area contributed by atoms with Crippen LogP contribution in [0.1, 0.15) is 127 Å². The van der Waals surface area contributed by atoms with E-state index in [1.54, 1.807) is 0 Å². The van der Waals surface area contributed by atoms with Gasteiger partial charge in [0.25, 0.3) is 0 Å². The molecule has 30 heteroatoms. The highest BCUT2D eigenvalue weighted by atomic mass is 16.8. The fourth-order valence-corrected chi connectivity index (χ4v) is 19.0. The van der Waals surface area contributed by atoms with E-state index in [-0.39, 0.29) is 34.0 Å². The molecule has 6 heterocycles. The fraction of sp³-hybridized carbons (Fsp3) is 0.954. The van der Waals surface area contributed by atoms with Crippen molar-refractivity contribution < 1.29 is 148 Å². The normalized spacial score (nSPS) is 54.6. The highest BCUT2D eigenvalue weighted by molar-refractivity contribution is 5.79. The van der Waals surface area contributed by atoms with Crippen molar-refractivity contribution in [3.8, 4) is 0 Å². The molecule has 5 aliphatic carbocycles. The van der Waals surface area contributed by atoms with Gasteiger partial charge in [-0.05, 0) is 123 Å². The standard InChI is InChI=1S/C65H106O30/c1-25-36(69)41(74)46(79)55(86-25)92-50-31(22-67)89-53(48(81)44(50)77)85-24-32-40(73)42(75)47(80)56(90-32)95-59(83)65-18-16-60(3,4)20-28(65)27-10-11-34-62(7)14-13-35(61(5,6)33(62)12-15-64(34,9)63(27,8)17-19-65)91-58-52(43(76)39(72)30(21-66)88-58)94-57-49(82)51(37(70)26(2)87-57)93-54-45(78)38(71)29(68)23-84-54/h10,25-26,28-58,66-82H,11-24H2,1-9H3. The third kappa shape index (κ3) is 12.9. The zero-order valence-electron chi connectivity index (χ0n) is 55.4. The van der Waals surface area contributed by atoms with Crippen LogP contribution >= 0.6 is 0 Å². The van der Waals surface area contributed by atoms with Gasteiger partial charge in [0, 0.05) is 0 Å². The van der Waals surface area contributed by atoms with Crippen LogP contribution in [-0.4, -0.2) is 303 Å². The van der Waals surface area contributed by atoms with Gasteiger partial charge in [-0.1, -0.05) is 60.1 Å². The van der Waals surface area contributed by atoms with Gasteiger partial charge in [-0.15, -0.1) is 0 Å². The summed E-state index contributed by atoms with van der Waals surface area (Å²) in [5, 5.41) is 185. The van der Waals surface area contributed by atoms with E-state index in [1.807, 2.05) is 0 Å². The van der Waals surface area contributed by atoms with Crippen molar-refractivity contribution >= 4 is 5.97 Å². The van der Waals surface area contributed by atoms with Gasteiger partial charge >= 0.3 is 5.97 Å². The Morgan fingerprint density at radius 3 is 1.74 bits per heavy atom. The van der Waals surface area contributed by atoms with Gasteiger partial charge in [-0.2, -0.15) is 0 Å². The largest absolute Gasteiger partial charge is 0.432 e. The van der Waals surface area contributed by atoms with Crippen LogP contribution in [0.2, 0.25) is 0 Å². The van der Waals surface area contributed by atoms with E-state index in [2.05, 4.69) is 54.5 Å². The van der Waals surface area contributed by atoms with Crippen molar-refractivity contribution in [2.24, 2.45) is 50.2 Å². The van der Waals surface area contributed by atoms with E-state index in [0.29, 0.717) is 51.4 Å². The van der Waals surface area contributed by atoms with E-state index in [1.165, 1.54) is 19.4 Å². The van der Waals surface area contributed by atoms with Gasteiger partial charge in [-0.3, -0.25) is 4.79 Å². The van der Waals surface area contributed by atoms with Crippen molar-refractivity contribution in [2.45, 2.75) is 311 Å². The molecule has 0 aromatic carbocycles. The summed E-state index contributed by atoms with van der Waals surface area (Å²) in [6, 6.07) is 0. The molecule has 95 heavy (non-hydrogen) atoms. The minimum atomic E-state index is -1.91. The smallest absolute Gasteiger partial charge is 0.315 e. The first kappa shape index (κ1) is 74.3. The Labute approximate surface area is 551 Å². The number of rotatable bonds is 15. The number of aliphatic hydroxyl groups excluding tert-OH is 17. The van der Waals surface area contributed by atoms with Crippen molar-refractivity contribution in [1.82, 2.24) is 0 Å². The van der Waals surface area contributed by atoms with Crippen LogP contribution in [0.25, 0.3) is 0 Å². The van der Waals surface area contributed by atoms with Crippen LogP contribution in [0.15, 0.2) is 11.6 Å². The Morgan fingerprint density at radius 1 is 0.495 bits per heavy atom. The van der Waals surface area contributed by atoms with Crippen LogP contribution in [0.3, 0.4) is 0 Å². The van der Waals surface area contributed by atoms with Gasteiger partial charge in [0.15, 0.2) is 31.5 Å². The number of aliphatic hydroxyl groups is 17. The van der Waals surface area contributed by atoms with E-state index in [4.69, 9.17) is 56.8 Å². The molecule has 11 rings (SSSR count). The van der Waals surface area contributed by atoms with Gasteiger partial charge < -0.3 is 144 Å². The maximum absolute atomic E-state index is 15.3. The Kier molecular flexibility index (Phi) is 21.7. The number of ether oxygens (including phenoxy) is 12. The zero-order valence-corrected chi connectivity index (χ0v) is 55.4. The molecule has 4 saturated carbocycles. The molecule has 0 aromatic rings. The molecular weight excluding hydrogens is 1260 g/mol. The third-order valence-corrected chi connectivity index (χ3v) is 25.2. The number of carbonyl (C=O) groups is 1. The van der Waals surface area contributed by atoms with Crippen molar-refractivity contribution in [3.63, 3.8) is 0 Å². The summed E-state index contributed by atoms with van der Waals surface area (Å²) in [6.07, 6.45) is -38.6. The van der Waals surface area contributed by atoms with E-state index in [0.717, 1.165) is 12.8 Å². The summed E-state index contributed by atoms with van der Waals surface area (Å²) < 4.78 is 71.6. The van der Waals surface area contributed by atoms with Gasteiger partial charge in [-0.25, -0.2) is 0 Å². The lowest BCUT2D eigenvalue weighted by Gasteiger charge is -2.71. The minimum absolute atomic E-state index is 0.0565. The first-order valence-electron chi connectivity index (χ1n) is 34.0. The average Bonchev–Trinajstić information content (AvgIpc) is 0.676. The number of carbonyl (C=O) groups excluding carboxylic acids is 1. The van der Waals surface area contributed by atoms with Gasteiger partial charge in [0.1, 0.15) is 128 Å². The molecular formula is C65H106O30. The van der Waals surface area contributed by atoms with Crippen molar-refractivity contribution in [3.05, 3.63) is 11.6 Å². The first-order valence-corrected chi connectivity index (χ1v) is 34.0. The fourth-order valence-electron chi connectivity index (χ4n) is 19.0. The molecule has 6 saturated heterocycles. The Balaban J connectivity index is 0.772. The highest BCUT2D eigenvalue weighted by Gasteiger charge is 2.71. The van der Waals surface area contributed by atoms with Crippen LogP contribution in [0.4, 0.5) is 0 Å². The molecule has 6 aliphatic heterocycles. The quantitative estimate of drug-likeness (QED) is 0.0426. The molecule has 0 spiro atoms. The number of hydrogen-bond acceptors (Lipinski definition) is 30. The molecule has 17 N–H and O–H groups in total. The van der Waals surface area contributed by atoms with E-state index >= 15 is 4.79 Å². The molecule has 0 aromatic heterocycles. The number of fused-ring (bicyclic) bond motifs is 7. The Hall–Kier alpha value is -1.91. The summed E-state index contributed by atoms with van der Waals surface area (Å²) in [5.41, 5.74) is -1.64. The predicted molar refractivity (Wildman–Crippen MR) is 319 cm³/mol. The second kappa shape index (κ2) is 27.7. The molecule has 11 aliphatic rings. The number of allylic oxidation sites excluding steroid dienone is 2. The summed E-state index contributed by atoms with van der Waals surface area (Å²) in [5.74, 6) is -0.727. The summed E-state index contributed by atoms with van der Waals surface area (Å²) in [7, 11) is 0. The molecule has 0 bridgehead atoms. The van der Waals surface area contributed by atoms with Crippen molar-refractivity contribution in [2.75, 3.05) is 26.4 Å². The SMILES string of the molecule is CC1OC(OC2C(CO)OC(OCC3OC(OC(=O)C45CCC(C)(C)CC4C4=CCC6C7(C)CCC(OC8OC(CO)C(O)C(O)C8OC8OC(C)C(O)C(OC9OCC(O)C(O)C9O)C8O)C(C)(C)C7CCC6(C)C4(C)CC5)C(O)C(O)C3O)C(O)C2O)C(O)C(O)C1O. The lowest BCUT2D eigenvalue weighted by Crippen LogP contribution is -2.67. The van der Waals surface area contributed by atoms with Crippen LogP contribution < -0.4 is 0 Å². The van der Waals surface area contributed by atoms with Crippen LogP contribution in [0.5, 0.6) is 0 Å². The molecule has 0 radical (unpaired) electrons. The maximum atomic E-state index is 15.3. The lowest BCUT2D eigenvalue weighted by molar-refractivity contribution is -0.386. The molecule has 37 unspecified atom stereocenters. The molecule has 10 fully saturated rings. The number of esters is 1. The van der Waals surface area contributed by atoms with E-state index in [9.17, 15) is 86.8 Å². The molecule has 37 atom stereocenters. The van der Waals surface area contributed by atoms with Crippen LogP contribution in [-0.2, 0) is 61.6 Å². The minimum Gasteiger partial charge on any atom is -0.432 e. The predicted octanol–water partition coefficient (Wildman–Crippen LogP) is -3.69. The van der Waals surface area contributed by atoms with E-state index < -0.39 is 233 Å². The second-order valence-corrected chi connectivity index (χ2v) is 31.4. The zero-order chi connectivity index (χ0) is 69.3. The van der Waals surface area contributed by atoms with Crippen LogP contribution in [0, 0.1) is 50.2 Å². The summed E-state index contributed by atoms with van der Waals surface area (Å²) >= 11 is 0. The topological polar surface area (TPSA) is 472 Å². The number of hydrogen-bond donors (Lipinski definition) is 17. The Morgan fingerprint density at radius 2 is 1.05 bits per heavy atom. The molecule has 546 valence electrons. The molecule has 30 nitrogen and oxygen atoms in total. The highest BCUT2D eigenvalue weighted by Crippen LogP contribution is 2.76. The summed E-state index contributed by atoms with van der Waals surface area (Å²) in [4.78, 5) is 15.3. The van der Waals surface area contributed by atoms with Crippen molar-refractivity contribution in [1.29, 1.82) is 0 Å². The van der Waals surface area contributed by atoms with Gasteiger partial charge in [0.05, 0.1) is 50.2 Å². The Bertz CT molecular complexity index is 2670. The average molecular weight is 1370 g/mol. The molecule has 0 amide bonds. The monoisotopic (exact) mass is 1370 g/mol. The second-order valence-electron chi connectivity index (χ2n) is 31.4. The third-order valence-electron chi connectivity index (χ3n) is 25.2. The first-order chi connectivity index (χ1) is 44.5.